The number of phosphoric acid groups is 1. The predicted molar refractivity (Wildman–Crippen MR) is 67.1 cm³/mol. The monoisotopic (exact) mass is 274 g/mol. The Morgan fingerprint density at radius 3 is 3.00 bits per heavy atom. The standard InChI is InChI=1S/C12H19O5P/c1-12(2)7-6-11-9-10(5-3-4-8-13)15-18(14,16-11)17-12/h3,5-7,10-11,13H,4,8-9H2,1-2H3/b5-3+/t10-,11-,18?/m0/s1. The summed E-state index contributed by atoms with van der Waals surface area (Å²) in [5.74, 6) is 0. The fourth-order valence-electron chi connectivity index (χ4n) is 1.92. The predicted octanol–water partition coefficient (Wildman–Crippen LogP) is 2.57. The van der Waals surface area contributed by atoms with Crippen molar-refractivity contribution in [2.24, 2.45) is 0 Å². The van der Waals surface area contributed by atoms with Crippen molar-refractivity contribution < 1.29 is 23.2 Å². The molecule has 2 heterocycles. The van der Waals surface area contributed by atoms with Crippen LogP contribution in [0, 0.1) is 0 Å². The highest BCUT2D eigenvalue weighted by molar-refractivity contribution is 7.48. The van der Waals surface area contributed by atoms with Gasteiger partial charge in [-0.1, -0.05) is 24.3 Å². The minimum absolute atomic E-state index is 0.0875. The molecule has 1 unspecified atom stereocenters. The van der Waals surface area contributed by atoms with E-state index in [0.29, 0.717) is 12.8 Å². The van der Waals surface area contributed by atoms with E-state index in [0.717, 1.165) is 0 Å². The van der Waals surface area contributed by atoms with Gasteiger partial charge in [0.05, 0.1) is 17.8 Å². The third-order valence-corrected chi connectivity index (χ3v) is 4.45. The Balaban J connectivity index is 2.12. The summed E-state index contributed by atoms with van der Waals surface area (Å²) in [5.41, 5.74) is -0.659. The number of hydrogen-bond donors (Lipinski definition) is 1. The normalized spacial score (nSPS) is 38.8. The number of aliphatic hydroxyl groups excluding tert-OH is 1. The molecule has 1 saturated heterocycles. The maximum Gasteiger partial charge on any atom is 0.476 e. The molecule has 2 aliphatic heterocycles. The lowest BCUT2D eigenvalue weighted by atomic mass is 10.1. The van der Waals surface area contributed by atoms with Crippen molar-refractivity contribution in [3.05, 3.63) is 24.3 Å². The second kappa shape index (κ2) is 5.27. The van der Waals surface area contributed by atoms with Crippen LogP contribution in [0.25, 0.3) is 0 Å². The summed E-state index contributed by atoms with van der Waals surface area (Å²) in [6.45, 7) is 3.71. The van der Waals surface area contributed by atoms with E-state index in [2.05, 4.69) is 0 Å². The van der Waals surface area contributed by atoms with Crippen molar-refractivity contribution in [2.45, 2.75) is 44.5 Å². The van der Waals surface area contributed by atoms with Crippen molar-refractivity contribution in [1.29, 1.82) is 0 Å². The van der Waals surface area contributed by atoms with Crippen LogP contribution in [0.5, 0.6) is 0 Å². The number of rotatable bonds is 3. The molecule has 0 amide bonds. The van der Waals surface area contributed by atoms with Gasteiger partial charge in [0.1, 0.15) is 0 Å². The van der Waals surface area contributed by atoms with Crippen molar-refractivity contribution >= 4 is 7.82 Å². The molecular weight excluding hydrogens is 255 g/mol. The lowest BCUT2D eigenvalue weighted by Crippen LogP contribution is -2.27. The molecule has 0 saturated carbocycles. The first-order chi connectivity index (χ1) is 8.42. The second-order valence-corrected chi connectivity index (χ2v) is 6.46. The molecule has 0 aromatic rings. The molecule has 2 aliphatic rings. The molecule has 0 aromatic carbocycles. The summed E-state index contributed by atoms with van der Waals surface area (Å²) in [7, 11) is -3.51. The van der Waals surface area contributed by atoms with Crippen LogP contribution < -0.4 is 0 Å². The summed E-state index contributed by atoms with van der Waals surface area (Å²) >= 11 is 0. The van der Waals surface area contributed by atoms with Crippen molar-refractivity contribution in [3.8, 4) is 0 Å². The number of phosphoric ester groups is 1. The maximum atomic E-state index is 12.4. The molecular formula is C12H19O5P. The molecule has 0 aliphatic carbocycles. The number of hydrogen-bond acceptors (Lipinski definition) is 5. The van der Waals surface area contributed by atoms with Crippen LogP contribution in [-0.4, -0.2) is 29.5 Å². The molecule has 0 radical (unpaired) electrons. The van der Waals surface area contributed by atoms with Crippen LogP contribution in [0.3, 0.4) is 0 Å². The SMILES string of the molecule is CC1(C)C=C[C@H]2C[C@H](/C=C/CCO)OP(=O)(O2)O1. The van der Waals surface area contributed by atoms with Gasteiger partial charge in [0.25, 0.3) is 0 Å². The van der Waals surface area contributed by atoms with Gasteiger partial charge in [-0.05, 0) is 20.3 Å². The molecule has 1 N–H and O–H groups in total. The van der Waals surface area contributed by atoms with Gasteiger partial charge in [-0.25, -0.2) is 4.57 Å². The van der Waals surface area contributed by atoms with Crippen molar-refractivity contribution in [1.82, 2.24) is 0 Å². The molecule has 0 aromatic heterocycles. The Bertz CT molecular complexity index is 401. The topological polar surface area (TPSA) is 65.0 Å². The van der Waals surface area contributed by atoms with Crippen molar-refractivity contribution in [2.75, 3.05) is 6.61 Å². The fraction of sp³-hybridized carbons (Fsp3) is 0.667. The smallest absolute Gasteiger partial charge is 0.396 e. The van der Waals surface area contributed by atoms with E-state index in [4.69, 9.17) is 18.7 Å². The van der Waals surface area contributed by atoms with Gasteiger partial charge in [-0.2, -0.15) is 0 Å². The molecule has 0 spiro atoms. The first kappa shape index (κ1) is 14.0. The van der Waals surface area contributed by atoms with E-state index in [9.17, 15) is 4.57 Å². The zero-order chi connectivity index (χ0) is 13.2. The highest BCUT2D eigenvalue weighted by Crippen LogP contribution is 2.59. The number of fused-ring (bicyclic) bond motifs is 2. The first-order valence-electron chi connectivity index (χ1n) is 6.07. The Morgan fingerprint density at radius 1 is 1.50 bits per heavy atom. The minimum atomic E-state index is -3.51. The Hall–Kier alpha value is -0.450. The van der Waals surface area contributed by atoms with Gasteiger partial charge in [0.2, 0.25) is 0 Å². The van der Waals surface area contributed by atoms with Crippen LogP contribution in [0.1, 0.15) is 26.7 Å². The van der Waals surface area contributed by atoms with Gasteiger partial charge in [-0.3, -0.25) is 13.6 Å². The van der Waals surface area contributed by atoms with Crippen LogP contribution >= 0.6 is 7.82 Å². The van der Waals surface area contributed by atoms with Crippen molar-refractivity contribution in [3.63, 3.8) is 0 Å². The van der Waals surface area contributed by atoms with E-state index in [1.165, 1.54) is 0 Å². The van der Waals surface area contributed by atoms with Crippen LogP contribution in [0.2, 0.25) is 0 Å². The quantitative estimate of drug-likeness (QED) is 0.633. The molecule has 102 valence electrons. The summed E-state index contributed by atoms with van der Waals surface area (Å²) in [4.78, 5) is 0. The molecule has 2 rings (SSSR count). The van der Waals surface area contributed by atoms with Crippen LogP contribution in [-0.2, 0) is 18.1 Å². The molecule has 1 fully saturated rings. The zero-order valence-electron chi connectivity index (χ0n) is 10.6. The molecule has 5 nitrogen and oxygen atoms in total. The van der Waals surface area contributed by atoms with Gasteiger partial charge in [0.15, 0.2) is 0 Å². The average molecular weight is 274 g/mol. The van der Waals surface area contributed by atoms with E-state index < -0.39 is 13.4 Å². The zero-order valence-corrected chi connectivity index (χ0v) is 11.5. The molecule has 6 heteroatoms. The lowest BCUT2D eigenvalue weighted by molar-refractivity contribution is 0.00401. The number of aliphatic hydroxyl groups is 1. The van der Waals surface area contributed by atoms with E-state index in [1.807, 2.05) is 32.1 Å². The highest BCUT2D eigenvalue weighted by Gasteiger charge is 2.44. The highest BCUT2D eigenvalue weighted by atomic mass is 31.2. The summed E-state index contributed by atoms with van der Waals surface area (Å²) < 4.78 is 28.5. The molecule has 2 bridgehead atoms. The lowest BCUT2D eigenvalue weighted by Gasteiger charge is -2.32. The summed E-state index contributed by atoms with van der Waals surface area (Å²) in [5, 5.41) is 8.71. The third-order valence-electron chi connectivity index (χ3n) is 2.70. The Labute approximate surface area is 107 Å². The minimum Gasteiger partial charge on any atom is -0.396 e. The van der Waals surface area contributed by atoms with E-state index >= 15 is 0 Å². The summed E-state index contributed by atoms with van der Waals surface area (Å²) in [6.07, 6.45) is 7.92. The first-order valence-corrected chi connectivity index (χ1v) is 7.53. The fourth-order valence-corrected chi connectivity index (χ4v) is 3.67. The third kappa shape index (κ3) is 3.53. The van der Waals surface area contributed by atoms with E-state index in [1.54, 1.807) is 6.08 Å². The second-order valence-electron chi connectivity index (χ2n) is 4.96. The Kier molecular flexibility index (Phi) is 4.09. The van der Waals surface area contributed by atoms with Gasteiger partial charge < -0.3 is 5.11 Å². The van der Waals surface area contributed by atoms with Gasteiger partial charge >= 0.3 is 7.82 Å². The van der Waals surface area contributed by atoms with Crippen LogP contribution in [0.4, 0.5) is 0 Å². The average Bonchev–Trinajstić information content (AvgIpc) is 2.32. The van der Waals surface area contributed by atoms with Gasteiger partial charge in [-0.15, -0.1) is 0 Å². The van der Waals surface area contributed by atoms with Crippen LogP contribution in [0.15, 0.2) is 24.3 Å². The molecule has 18 heavy (non-hydrogen) atoms. The Morgan fingerprint density at radius 2 is 2.28 bits per heavy atom. The maximum absolute atomic E-state index is 12.4. The largest absolute Gasteiger partial charge is 0.476 e. The van der Waals surface area contributed by atoms with E-state index in [-0.39, 0.29) is 18.8 Å². The summed E-state index contributed by atoms with van der Waals surface area (Å²) in [6, 6.07) is 0. The molecule has 3 atom stereocenters. The van der Waals surface area contributed by atoms with Gasteiger partial charge in [0, 0.05) is 13.0 Å².